The fourth-order valence-electron chi connectivity index (χ4n) is 6.60. The molecule has 0 saturated heterocycles. The zero-order valence-electron chi connectivity index (χ0n) is 30.0. The molecule has 0 aromatic heterocycles. The normalized spacial score (nSPS) is 11.8. The third-order valence-corrected chi connectivity index (χ3v) is 9.46. The van der Waals surface area contributed by atoms with Crippen LogP contribution in [0.4, 0.5) is 0 Å². The summed E-state index contributed by atoms with van der Waals surface area (Å²) in [5.74, 6) is -2.30. The van der Waals surface area contributed by atoms with Crippen molar-refractivity contribution in [2.75, 3.05) is 26.2 Å². The summed E-state index contributed by atoms with van der Waals surface area (Å²) in [4.78, 5) is 33.1. The number of aliphatic carboxylic acids is 3. The molecule has 0 heterocycles. The monoisotopic (exact) mass is 653 g/mol. The van der Waals surface area contributed by atoms with Gasteiger partial charge in [0.2, 0.25) is 0 Å². The van der Waals surface area contributed by atoms with Gasteiger partial charge in [0.1, 0.15) is 0 Å². The van der Waals surface area contributed by atoms with Crippen molar-refractivity contribution in [1.29, 1.82) is 0 Å². The Balaban J connectivity index is 4.16. The lowest BCUT2D eigenvalue weighted by Gasteiger charge is -2.39. The number of carboxylic acid groups (broad SMARTS) is 3. The number of hydrogen-bond acceptors (Lipinski definition) is 3. The summed E-state index contributed by atoms with van der Waals surface area (Å²) in [6, 6.07) is 0. The van der Waals surface area contributed by atoms with Crippen molar-refractivity contribution in [1.82, 2.24) is 0 Å². The number of carboxylic acids is 3. The maximum absolute atomic E-state index is 11.0. The van der Waals surface area contributed by atoms with Crippen molar-refractivity contribution >= 4 is 17.9 Å². The average molecular weight is 653 g/mol. The highest BCUT2D eigenvalue weighted by Crippen LogP contribution is 2.20. The van der Waals surface area contributed by atoms with Gasteiger partial charge in [0.15, 0.2) is 0 Å². The molecule has 46 heavy (non-hydrogen) atoms. The average Bonchev–Trinajstić information content (AvgIpc) is 3.02. The highest BCUT2D eigenvalue weighted by Gasteiger charge is 2.26. The molecule has 0 atom stereocenters. The van der Waals surface area contributed by atoms with Crippen LogP contribution in [0.25, 0.3) is 0 Å². The molecule has 270 valence electrons. The molecule has 0 rings (SSSR count). The predicted octanol–water partition coefficient (Wildman–Crippen LogP) is 10.9. The Hall–Kier alpha value is -1.89. The second kappa shape index (κ2) is 33.0. The maximum Gasteiger partial charge on any atom is 0.303 e. The first-order chi connectivity index (χ1) is 22.3. The molecule has 0 aliphatic rings. The minimum atomic E-state index is -0.766. The fourth-order valence-corrected chi connectivity index (χ4v) is 6.60. The molecule has 0 aromatic carbocycles. The Morgan fingerprint density at radius 3 is 0.957 bits per heavy atom. The number of quaternary nitrogens is 1. The van der Waals surface area contributed by atoms with E-state index in [4.69, 9.17) is 15.3 Å². The van der Waals surface area contributed by atoms with Crippen LogP contribution < -0.4 is 0 Å². The Bertz CT molecular complexity index is 698. The molecule has 0 fully saturated rings. The molecule has 3 N–H and O–H groups in total. The lowest BCUT2D eigenvalue weighted by atomic mass is 10.0. The van der Waals surface area contributed by atoms with Gasteiger partial charge in [-0.2, -0.15) is 0 Å². The van der Waals surface area contributed by atoms with Crippen LogP contribution in [0.3, 0.4) is 0 Å². The van der Waals surface area contributed by atoms with Gasteiger partial charge >= 0.3 is 17.9 Å². The molecular formula is C39H74NO6+. The fraction of sp³-hybridized carbons (Fsp3) is 0.872. The Morgan fingerprint density at radius 1 is 0.391 bits per heavy atom. The van der Waals surface area contributed by atoms with E-state index in [0.717, 1.165) is 56.3 Å². The molecule has 0 unspecified atom stereocenters. The molecule has 0 radical (unpaired) electrons. The molecule has 0 spiro atoms. The van der Waals surface area contributed by atoms with Crippen LogP contribution in [0.1, 0.15) is 193 Å². The van der Waals surface area contributed by atoms with Crippen LogP contribution in [0, 0.1) is 0 Å². The van der Waals surface area contributed by atoms with Crippen molar-refractivity contribution in [3.63, 3.8) is 0 Å². The van der Waals surface area contributed by atoms with E-state index in [0.29, 0.717) is 19.3 Å². The maximum atomic E-state index is 11.0. The SMILES string of the molecule is CCCCCCCCC/C=C/CCCCCCCCCCCCC[N+](CCCCC(=O)O)(CCCCC(=O)O)CCCCC(=O)O. The van der Waals surface area contributed by atoms with E-state index in [9.17, 15) is 14.4 Å². The van der Waals surface area contributed by atoms with Crippen molar-refractivity contribution < 1.29 is 34.2 Å². The molecule has 7 heteroatoms. The van der Waals surface area contributed by atoms with Gasteiger partial charge in [0.25, 0.3) is 0 Å². The van der Waals surface area contributed by atoms with Crippen LogP contribution in [-0.2, 0) is 14.4 Å². The predicted molar refractivity (Wildman–Crippen MR) is 191 cm³/mol. The highest BCUT2D eigenvalue weighted by atomic mass is 16.4. The lowest BCUT2D eigenvalue weighted by Crippen LogP contribution is -2.51. The Kier molecular flexibility index (Phi) is 31.7. The van der Waals surface area contributed by atoms with Gasteiger partial charge in [0, 0.05) is 19.3 Å². The van der Waals surface area contributed by atoms with Crippen molar-refractivity contribution in [2.24, 2.45) is 0 Å². The lowest BCUT2D eigenvalue weighted by molar-refractivity contribution is -0.929. The standard InChI is InChI=1S/C39H73NO6/c1-2-3-4-5-6-7-8-9-10-11-12-13-14-15-16-17-18-19-20-21-22-26-33-40(34-27-23-30-37(41)42,35-28-24-31-38(43)44)36-29-25-32-39(45)46/h10-11H,2-9,12-36H2,1H3,(H2-,41,42,43,44,45,46)/p+1/b11-10+. The van der Waals surface area contributed by atoms with E-state index in [1.807, 2.05) is 0 Å². The summed E-state index contributed by atoms with van der Waals surface area (Å²) >= 11 is 0. The van der Waals surface area contributed by atoms with Gasteiger partial charge in [-0.25, -0.2) is 0 Å². The van der Waals surface area contributed by atoms with Gasteiger partial charge in [-0.1, -0.05) is 109 Å². The second-order valence-electron chi connectivity index (χ2n) is 13.8. The minimum absolute atomic E-state index is 0.175. The Labute approximate surface area is 283 Å². The van der Waals surface area contributed by atoms with Crippen LogP contribution in [-0.4, -0.2) is 63.9 Å². The first kappa shape index (κ1) is 44.1. The van der Waals surface area contributed by atoms with Crippen LogP contribution >= 0.6 is 0 Å². The first-order valence-electron chi connectivity index (χ1n) is 19.5. The van der Waals surface area contributed by atoms with Crippen molar-refractivity contribution in [3.8, 4) is 0 Å². The number of rotatable bonds is 37. The quantitative estimate of drug-likeness (QED) is 0.0350. The van der Waals surface area contributed by atoms with Gasteiger partial charge in [-0.05, 0) is 77.0 Å². The highest BCUT2D eigenvalue weighted by molar-refractivity contribution is 5.67. The first-order valence-corrected chi connectivity index (χ1v) is 19.5. The number of unbranched alkanes of at least 4 members (excludes halogenated alkanes) is 21. The Morgan fingerprint density at radius 2 is 0.652 bits per heavy atom. The van der Waals surface area contributed by atoms with Crippen molar-refractivity contribution in [3.05, 3.63) is 12.2 Å². The number of hydrogen-bond donors (Lipinski definition) is 3. The third kappa shape index (κ3) is 32.1. The summed E-state index contributed by atoms with van der Waals surface area (Å²) in [5, 5.41) is 27.2. The summed E-state index contributed by atoms with van der Waals surface area (Å²) in [7, 11) is 0. The van der Waals surface area contributed by atoms with Gasteiger partial charge < -0.3 is 19.8 Å². The second-order valence-corrected chi connectivity index (χ2v) is 13.8. The summed E-state index contributed by atoms with van der Waals surface area (Å²) in [5.41, 5.74) is 0. The topological polar surface area (TPSA) is 112 Å². The zero-order valence-corrected chi connectivity index (χ0v) is 30.0. The molecular weight excluding hydrogens is 578 g/mol. The van der Waals surface area contributed by atoms with Crippen molar-refractivity contribution in [2.45, 2.75) is 193 Å². The van der Waals surface area contributed by atoms with Gasteiger partial charge in [-0.3, -0.25) is 14.4 Å². The van der Waals surface area contributed by atoms with Gasteiger partial charge in [-0.15, -0.1) is 0 Å². The van der Waals surface area contributed by atoms with E-state index in [1.165, 1.54) is 122 Å². The van der Waals surface area contributed by atoms with Gasteiger partial charge in [0.05, 0.1) is 26.2 Å². The molecule has 0 aromatic rings. The number of carbonyl (C=O) groups is 3. The summed E-state index contributed by atoms with van der Waals surface area (Å²) < 4.78 is 0.869. The third-order valence-electron chi connectivity index (χ3n) is 9.46. The number of nitrogens with zero attached hydrogens (tertiary/aromatic N) is 1. The van der Waals surface area contributed by atoms with E-state index in [-0.39, 0.29) is 19.3 Å². The van der Waals surface area contributed by atoms with E-state index < -0.39 is 17.9 Å². The number of allylic oxidation sites excluding steroid dienone is 2. The largest absolute Gasteiger partial charge is 0.481 e. The molecule has 0 amide bonds. The van der Waals surface area contributed by atoms with Crippen LogP contribution in [0.5, 0.6) is 0 Å². The molecule has 0 aliphatic carbocycles. The summed E-state index contributed by atoms with van der Waals surface area (Å²) in [6.07, 6.45) is 36.2. The van der Waals surface area contributed by atoms with E-state index in [2.05, 4.69) is 19.1 Å². The molecule has 0 bridgehead atoms. The molecule has 0 aliphatic heterocycles. The van der Waals surface area contributed by atoms with E-state index >= 15 is 0 Å². The minimum Gasteiger partial charge on any atom is -0.481 e. The van der Waals surface area contributed by atoms with Crippen LogP contribution in [0.2, 0.25) is 0 Å². The summed E-state index contributed by atoms with van der Waals surface area (Å²) in [6.45, 7) is 5.97. The zero-order chi connectivity index (χ0) is 34.0. The van der Waals surface area contributed by atoms with E-state index in [1.54, 1.807) is 0 Å². The smallest absolute Gasteiger partial charge is 0.303 e. The van der Waals surface area contributed by atoms with Crippen LogP contribution in [0.15, 0.2) is 12.2 Å². The molecule has 0 saturated carbocycles. The molecule has 7 nitrogen and oxygen atoms in total.